The highest BCUT2D eigenvalue weighted by Gasteiger charge is 2.45. The van der Waals surface area contributed by atoms with E-state index >= 15 is 0 Å². The largest absolute Gasteiger partial charge is 0.380 e. The molecule has 138 valence electrons. The van der Waals surface area contributed by atoms with Crippen LogP contribution in [0.15, 0.2) is 18.2 Å². The molecule has 0 aromatic heterocycles. The van der Waals surface area contributed by atoms with Crippen LogP contribution in [0.4, 0.5) is 10.5 Å². The van der Waals surface area contributed by atoms with E-state index in [1.165, 1.54) is 0 Å². The van der Waals surface area contributed by atoms with Crippen molar-refractivity contribution < 1.29 is 17.9 Å². The molecular formula is C17H23ClN2O4S. The number of carbonyl (C=O) groups excluding carboxylic acids is 1. The van der Waals surface area contributed by atoms with E-state index in [9.17, 15) is 13.2 Å². The van der Waals surface area contributed by atoms with Gasteiger partial charge in [0.1, 0.15) is 0 Å². The Morgan fingerprint density at radius 3 is 2.88 bits per heavy atom. The fraction of sp³-hybridized carbons (Fsp3) is 0.588. The first-order valence-electron chi connectivity index (χ1n) is 8.36. The van der Waals surface area contributed by atoms with Gasteiger partial charge in [0.2, 0.25) is 0 Å². The maximum atomic E-state index is 12.7. The van der Waals surface area contributed by atoms with Gasteiger partial charge in [-0.15, -0.1) is 0 Å². The Hall–Kier alpha value is -1.31. The second-order valence-corrected chi connectivity index (χ2v) is 9.65. The van der Waals surface area contributed by atoms with Gasteiger partial charge in [0, 0.05) is 41.9 Å². The number of hydrogen-bond donors (Lipinski definition) is 1. The van der Waals surface area contributed by atoms with Crippen LogP contribution in [0.2, 0.25) is 5.02 Å². The molecule has 1 N–H and O–H groups in total. The van der Waals surface area contributed by atoms with Crippen LogP contribution in [-0.2, 0) is 21.2 Å². The fourth-order valence-corrected chi connectivity index (χ4v) is 6.24. The molecule has 1 atom stereocenters. The second-order valence-electron chi connectivity index (χ2n) is 7.03. The maximum absolute atomic E-state index is 12.7. The molecule has 2 heterocycles. The second kappa shape index (κ2) is 7.13. The quantitative estimate of drug-likeness (QED) is 0.866. The molecule has 1 spiro atoms. The van der Waals surface area contributed by atoms with Crippen molar-refractivity contribution in [3.05, 3.63) is 28.8 Å². The zero-order chi connectivity index (χ0) is 18.1. The first kappa shape index (κ1) is 18.5. The lowest BCUT2D eigenvalue weighted by molar-refractivity contribution is 0.129. The molecule has 2 fully saturated rings. The van der Waals surface area contributed by atoms with Crippen LogP contribution in [0.1, 0.15) is 24.8 Å². The van der Waals surface area contributed by atoms with Crippen molar-refractivity contribution >= 4 is 33.2 Å². The summed E-state index contributed by atoms with van der Waals surface area (Å²) in [5.74, 6) is 0.428. The van der Waals surface area contributed by atoms with Crippen molar-refractivity contribution in [1.82, 2.24) is 4.90 Å². The molecule has 2 amide bonds. The molecule has 1 unspecified atom stereocenters. The number of likely N-dealkylation sites (tertiary alicyclic amines) is 1. The van der Waals surface area contributed by atoms with Gasteiger partial charge in [-0.1, -0.05) is 11.6 Å². The van der Waals surface area contributed by atoms with Crippen molar-refractivity contribution in [2.45, 2.75) is 25.9 Å². The van der Waals surface area contributed by atoms with Crippen LogP contribution in [0.3, 0.4) is 0 Å². The van der Waals surface area contributed by atoms with Crippen molar-refractivity contribution in [1.29, 1.82) is 0 Å². The standard InChI is InChI=1S/C17H23ClN2O4S/c1-24-10-13-9-14(18)3-4-15(13)19-16(21)20-7-2-5-17(11-20)6-8-25(22,23)12-17/h3-4,9H,2,5-8,10-12H2,1H3,(H,19,21). The number of piperidine rings is 1. The SMILES string of the molecule is COCc1cc(Cl)ccc1NC(=O)N1CCCC2(CCS(=O)(=O)C2)C1. The van der Waals surface area contributed by atoms with Crippen LogP contribution in [0.5, 0.6) is 0 Å². The Morgan fingerprint density at radius 1 is 1.40 bits per heavy atom. The molecule has 1 aromatic rings. The van der Waals surface area contributed by atoms with Gasteiger partial charge in [0.05, 0.1) is 18.1 Å². The third kappa shape index (κ3) is 4.27. The Balaban J connectivity index is 1.71. The summed E-state index contributed by atoms with van der Waals surface area (Å²) < 4.78 is 28.9. The normalized spacial score (nSPS) is 25.3. The highest BCUT2D eigenvalue weighted by Crippen LogP contribution is 2.40. The summed E-state index contributed by atoms with van der Waals surface area (Å²) in [6.45, 7) is 1.48. The molecule has 25 heavy (non-hydrogen) atoms. The Morgan fingerprint density at radius 2 is 2.20 bits per heavy atom. The molecule has 0 saturated carbocycles. The topological polar surface area (TPSA) is 75.7 Å². The zero-order valence-corrected chi connectivity index (χ0v) is 15.8. The van der Waals surface area contributed by atoms with E-state index in [1.54, 1.807) is 30.2 Å². The molecule has 6 nitrogen and oxygen atoms in total. The average molecular weight is 387 g/mol. The summed E-state index contributed by atoms with van der Waals surface area (Å²) in [5.41, 5.74) is 1.19. The highest BCUT2D eigenvalue weighted by atomic mass is 35.5. The summed E-state index contributed by atoms with van der Waals surface area (Å²) >= 11 is 6.01. The van der Waals surface area contributed by atoms with Gasteiger partial charge in [-0.05, 0) is 37.5 Å². The van der Waals surface area contributed by atoms with E-state index in [0.717, 1.165) is 18.4 Å². The number of amides is 2. The van der Waals surface area contributed by atoms with Crippen LogP contribution < -0.4 is 5.32 Å². The molecule has 3 rings (SSSR count). The van der Waals surface area contributed by atoms with E-state index in [0.29, 0.717) is 36.8 Å². The number of sulfone groups is 1. The number of nitrogens with one attached hydrogen (secondary N) is 1. The number of carbonyl (C=O) groups is 1. The lowest BCUT2D eigenvalue weighted by Crippen LogP contribution is -2.48. The van der Waals surface area contributed by atoms with Crippen LogP contribution in [0.25, 0.3) is 0 Å². The van der Waals surface area contributed by atoms with E-state index in [-0.39, 0.29) is 23.0 Å². The van der Waals surface area contributed by atoms with Crippen molar-refractivity contribution in [3.8, 4) is 0 Å². The Bertz CT molecular complexity index is 768. The molecular weight excluding hydrogens is 364 g/mol. The summed E-state index contributed by atoms with van der Waals surface area (Å²) in [7, 11) is -1.39. The maximum Gasteiger partial charge on any atom is 0.321 e. The van der Waals surface area contributed by atoms with E-state index in [4.69, 9.17) is 16.3 Å². The van der Waals surface area contributed by atoms with E-state index in [1.807, 2.05) is 0 Å². The predicted octanol–water partition coefficient (Wildman–Crippen LogP) is 2.92. The minimum Gasteiger partial charge on any atom is -0.380 e. The number of hydrogen-bond acceptors (Lipinski definition) is 4. The summed E-state index contributed by atoms with van der Waals surface area (Å²) in [5, 5.41) is 3.50. The number of anilines is 1. The number of benzene rings is 1. The summed E-state index contributed by atoms with van der Waals surface area (Å²) in [6.07, 6.45) is 2.34. The molecule has 2 aliphatic heterocycles. The highest BCUT2D eigenvalue weighted by molar-refractivity contribution is 7.91. The monoisotopic (exact) mass is 386 g/mol. The summed E-state index contributed by atoms with van der Waals surface area (Å²) in [6, 6.07) is 5.04. The van der Waals surface area contributed by atoms with Gasteiger partial charge >= 0.3 is 6.03 Å². The number of ether oxygens (including phenoxy) is 1. The number of urea groups is 1. The molecule has 8 heteroatoms. The number of nitrogens with zero attached hydrogens (tertiary/aromatic N) is 1. The van der Waals surface area contributed by atoms with Crippen LogP contribution in [0, 0.1) is 5.41 Å². The van der Waals surface area contributed by atoms with Crippen molar-refractivity contribution in [3.63, 3.8) is 0 Å². The van der Waals surface area contributed by atoms with Crippen molar-refractivity contribution in [2.24, 2.45) is 5.41 Å². The molecule has 0 aliphatic carbocycles. The minimum absolute atomic E-state index is 0.194. The third-order valence-corrected chi connectivity index (χ3v) is 7.14. The van der Waals surface area contributed by atoms with Gasteiger partial charge in [-0.25, -0.2) is 13.2 Å². The lowest BCUT2D eigenvalue weighted by atomic mass is 9.80. The van der Waals surface area contributed by atoms with E-state index < -0.39 is 9.84 Å². The van der Waals surface area contributed by atoms with Gasteiger partial charge < -0.3 is 15.0 Å². The number of rotatable bonds is 3. The number of halogens is 1. The Labute approximate surface area is 153 Å². The van der Waals surface area contributed by atoms with E-state index in [2.05, 4.69) is 5.32 Å². The minimum atomic E-state index is -2.97. The van der Waals surface area contributed by atoms with Crippen molar-refractivity contribution in [2.75, 3.05) is 37.0 Å². The van der Waals surface area contributed by atoms with Gasteiger partial charge in [0.25, 0.3) is 0 Å². The molecule has 2 aliphatic rings. The smallest absolute Gasteiger partial charge is 0.321 e. The number of methoxy groups -OCH3 is 1. The van der Waals surface area contributed by atoms with Crippen LogP contribution in [-0.4, -0.2) is 51.1 Å². The molecule has 1 aromatic carbocycles. The lowest BCUT2D eigenvalue weighted by Gasteiger charge is -2.39. The zero-order valence-electron chi connectivity index (χ0n) is 14.3. The third-order valence-electron chi connectivity index (χ3n) is 5.03. The van der Waals surface area contributed by atoms with Crippen LogP contribution >= 0.6 is 11.6 Å². The Kier molecular flexibility index (Phi) is 5.27. The first-order chi connectivity index (χ1) is 11.8. The average Bonchev–Trinajstić information content (AvgIpc) is 2.84. The van der Waals surface area contributed by atoms with Gasteiger partial charge in [-0.2, -0.15) is 0 Å². The fourth-order valence-electron chi connectivity index (χ4n) is 3.84. The van der Waals surface area contributed by atoms with Gasteiger partial charge in [0.15, 0.2) is 9.84 Å². The molecule has 2 saturated heterocycles. The first-order valence-corrected chi connectivity index (χ1v) is 10.6. The van der Waals surface area contributed by atoms with Gasteiger partial charge in [-0.3, -0.25) is 0 Å². The predicted molar refractivity (Wildman–Crippen MR) is 97.7 cm³/mol. The molecule has 0 radical (unpaired) electrons. The molecule has 0 bridgehead atoms. The summed E-state index contributed by atoms with van der Waals surface area (Å²) in [4.78, 5) is 14.4.